The first-order valence-corrected chi connectivity index (χ1v) is 12.8. The third-order valence-corrected chi connectivity index (χ3v) is 7.63. The molecule has 7 nitrogen and oxygen atoms in total. The van der Waals surface area contributed by atoms with Gasteiger partial charge in [0.2, 0.25) is 5.91 Å². The van der Waals surface area contributed by atoms with Gasteiger partial charge in [-0.15, -0.1) is 0 Å². The monoisotopic (exact) mass is 491 g/mol. The smallest absolute Gasteiger partial charge is 0.262 e. The van der Waals surface area contributed by atoms with Crippen molar-refractivity contribution in [1.29, 1.82) is 0 Å². The Morgan fingerprint density at radius 3 is 2.33 bits per heavy atom. The van der Waals surface area contributed by atoms with Crippen LogP contribution in [0.4, 0.5) is 5.69 Å². The zero-order valence-corrected chi connectivity index (χ0v) is 21.0. The molecule has 33 heavy (non-hydrogen) atoms. The highest BCUT2D eigenvalue weighted by molar-refractivity contribution is 7.92. The van der Waals surface area contributed by atoms with Gasteiger partial charge in [0, 0.05) is 48.4 Å². The number of anilines is 1. The Morgan fingerprint density at radius 1 is 0.970 bits per heavy atom. The van der Waals surface area contributed by atoms with E-state index in [4.69, 9.17) is 11.6 Å². The van der Waals surface area contributed by atoms with E-state index in [9.17, 15) is 18.0 Å². The fraction of sp³-hybridized carbons (Fsp3) is 0.417. The third kappa shape index (κ3) is 5.86. The highest BCUT2D eigenvalue weighted by atomic mass is 35.5. The summed E-state index contributed by atoms with van der Waals surface area (Å²) in [4.78, 5) is 29.1. The van der Waals surface area contributed by atoms with Crippen molar-refractivity contribution < 1.29 is 18.0 Å². The summed E-state index contributed by atoms with van der Waals surface area (Å²) in [6, 6.07) is 9.63. The van der Waals surface area contributed by atoms with Crippen LogP contribution in [0.5, 0.6) is 0 Å². The molecule has 0 aliphatic carbocycles. The average molecular weight is 492 g/mol. The fourth-order valence-corrected chi connectivity index (χ4v) is 5.44. The Labute approximate surface area is 200 Å². The molecule has 3 rings (SSSR count). The second-order valence-corrected chi connectivity index (χ2v) is 10.7. The molecular formula is C24H30ClN3O4S. The maximum absolute atomic E-state index is 13.1. The number of benzene rings is 2. The van der Waals surface area contributed by atoms with Gasteiger partial charge < -0.3 is 9.80 Å². The van der Waals surface area contributed by atoms with Gasteiger partial charge >= 0.3 is 0 Å². The Balaban J connectivity index is 1.76. The van der Waals surface area contributed by atoms with Crippen molar-refractivity contribution in [1.82, 2.24) is 9.80 Å². The molecule has 1 N–H and O–H groups in total. The van der Waals surface area contributed by atoms with Crippen LogP contribution in [0.3, 0.4) is 0 Å². The van der Waals surface area contributed by atoms with Gasteiger partial charge in [-0.2, -0.15) is 0 Å². The molecule has 2 amide bonds. The maximum Gasteiger partial charge on any atom is 0.262 e. The predicted octanol–water partition coefficient (Wildman–Crippen LogP) is 4.09. The van der Waals surface area contributed by atoms with E-state index < -0.39 is 10.0 Å². The molecule has 0 aromatic heterocycles. The fourth-order valence-electron chi connectivity index (χ4n) is 3.86. The number of halogens is 1. The number of carbonyl (C=O) groups excluding carboxylic acids is 2. The minimum atomic E-state index is -3.86. The van der Waals surface area contributed by atoms with Gasteiger partial charge in [0.05, 0.1) is 4.90 Å². The molecule has 0 unspecified atom stereocenters. The van der Waals surface area contributed by atoms with E-state index >= 15 is 0 Å². The molecule has 0 bridgehead atoms. The largest absolute Gasteiger partial charge is 0.341 e. The molecule has 1 fully saturated rings. The number of sulfonamides is 1. The number of hydrogen-bond acceptors (Lipinski definition) is 4. The van der Waals surface area contributed by atoms with Crippen molar-refractivity contribution in [2.45, 2.75) is 39.0 Å². The van der Waals surface area contributed by atoms with Gasteiger partial charge in [-0.1, -0.05) is 31.5 Å². The predicted molar refractivity (Wildman–Crippen MR) is 130 cm³/mol. The van der Waals surface area contributed by atoms with E-state index in [1.54, 1.807) is 54.0 Å². The minimum Gasteiger partial charge on any atom is -0.341 e. The first kappa shape index (κ1) is 25.1. The quantitative estimate of drug-likeness (QED) is 0.682. The lowest BCUT2D eigenvalue weighted by atomic mass is 10.1. The van der Waals surface area contributed by atoms with Gasteiger partial charge in [0.1, 0.15) is 0 Å². The number of carbonyl (C=O) groups is 2. The lowest BCUT2D eigenvalue weighted by molar-refractivity contribution is -0.134. The molecule has 1 aliphatic heterocycles. The molecule has 1 saturated heterocycles. The zero-order valence-electron chi connectivity index (χ0n) is 19.4. The van der Waals surface area contributed by atoms with Crippen molar-refractivity contribution in [3.05, 3.63) is 58.1 Å². The van der Waals surface area contributed by atoms with Crippen LogP contribution in [0.25, 0.3) is 0 Å². The SMILES string of the molecule is Cc1cc(S(=O)(=O)Nc2cccc(C(=O)N3CCCN(C(=O)C(C)C)CC3)c2)c(C)cc1Cl. The van der Waals surface area contributed by atoms with Crippen molar-refractivity contribution >= 4 is 39.1 Å². The lowest BCUT2D eigenvalue weighted by Crippen LogP contribution is -2.39. The molecule has 0 atom stereocenters. The Morgan fingerprint density at radius 2 is 1.64 bits per heavy atom. The molecule has 178 valence electrons. The summed E-state index contributed by atoms with van der Waals surface area (Å²) in [7, 11) is -3.86. The zero-order chi connectivity index (χ0) is 24.3. The molecule has 1 aliphatic rings. The summed E-state index contributed by atoms with van der Waals surface area (Å²) in [5.74, 6) is -0.174. The van der Waals surface area contributed by atoms with Crippen molar-refractivity contribution in [3.63, 3.8) is 0 Å². The Kier molecular flexibility index (Phi) is 7.69. The molecule has 0 spiro atoms. The van der Waals surface area contributed by atoms with Gasteiger partial charge in [-0.05, 0) is 61.7 Å². The van der Waals surface area contributed by atoms with E-state index in [2.05, 4.69) is 4.72 Å². The third-order valence-electron chi connectivity index (χ3n) is 5.70. The molecule has 9 heteroatoms. The first-order valence-electron chi connectivity index (χ1n) is 11.0. The molecule has 0 saturated carbocycles. The number of rotatable bonds is 5. The summed E-state index contributed by atoms with van der Waals surface area (Å²) in [6.07, 6.45) is 0.700. The lowest BCUT2D eigenvalue weighted by Gasteiger charge is -2.23. The summed E-state index contributed by atoms with van der Waals surface area (Å²) in [5.41, 5.74) is 1.90. The standard InChI is InChI=1S/C24H30ClN3O4S/c1-16(2)23(29)27-9-6-10-28(12-11-27)24(30)19-7-5-8-20(15-19)26-33(31,32)22-14-17(3)21(25)13-18(22)4/h5,7-8,13-16,26H,6,9-12H2,1-4H3. The number of amides is 2. The van der Waals surface area contributed by atoms with Crippen LogP contribution in [0.2, 0.25) is 5.02 Å². The van der Waals surface area contributed by atoms with E-state index in [1.165, 1.54) is 6.07 Å². The van der Waals surface area contributed by atoms with Gasteiger partial charge in [-0.3, -0.25) is 14.3 Å². The number of hydrogen-bond donors (Lipinski definition) is 1. The van der Waals surface area contributed by atoms with Crippen molar-refractivity contribution in [3.8, 4) is 0 Å². The van der Waals surface area contributed by atoms with Gasteiger partial charge in [0.25, 0.3) is 15.9 Å². The highest BCUT2D eigenvalue weighted by Crippen LogP contribution is 2.26. The number of nitrogens with one attached hydrogen (secondary N) is 1. The van der Waals surface area contributed by atoms with Crippen LogP contribution in [0, 0.1) is 19.8 Å². The summed E-state index contributed by atoms with van der Waals surface area (Å²) < 4.78 is 28.5. The number of nitrogens with zero attached hydrogens (tertiary/aromatic N) is 2. The summed E-state index contributed by atoms with van der Waals surface area (Å²) >= 11 is 6.10. The highest BCUT2D eigenvalue weighted by Gasteiger charge is 2.25. The van der Waals surface area contributed by atoms with Gasteiger partial charge in [0.15, 0.2) is 0 Å². The second-order valence-electron chi connectivity index (χ2n) is 8.68. The van der Waals surface area contributed by atoms with Crippen LogP contribution >= 0.6 is 11.6 Å². The Hall–Kier alpha value is -2.58. The van der Waals surface area contributed by atoms with Crippen molar-refractivity contribution in [2.24, 2.45) is 5.92 Å². The van der Waals surface area contributed by atoms with E-state index in [0.29, 0.717) is 60.0 Å². The van der Waals surface area contributed by atoms with Crippen molar-refractivity contribution in [2.75, 3.05) is 30.9 Å². The van der Waals surface area contributed by atoms with Crippen LogP contribution in [-0.4, -0.2) is 56.2 Å². The van der Waals surface area contributed by atoms with Crippen LogP contribution < -0.4 is 4.72 Å². The molecule has 2 aromatic carbocycles. The van der Waals surface area contributed by atoms with E-state index in [-0.39, 0.29) is 22.6 Å². The maximum atomic E-state index is 13.1. The van der Waals surface area contributed by atoms with E-state index in [0.717, 1.165) is 0 Å². The Bertz CT molecular complexity index is 1160. The van der Waals surface area contributed by atoms with Crippen LogP contribution in [-0.2, 0) is 14.8 Å². The normalized spacial score (nSPS) is 14.8. The van der Waals surface area contributed by atoms with Gasteiger partial charge in [-0.25, -0.2) is 8.42 Å². The molecule has 1 heterocycles. The average Bonchev–Trinajstić information content (AvgIpc) is 3.01. The molecular weight excluding hydrogens is 462 g/mol. The van der Waals surface area contributed by atoms with Crippen LogP contribution in [0.15, 0.2) is 41.3 Å². The topological polar surface area (TPSA) is 86.8 Å². The molecule has 2 aromatic rings. The summed E-state index contributed by atoms with van der Waals surface area (Å²) in [6.45, 7) is 9.27. The number of aryl methyl sites for hydroxylation is 2. The van der Waals surface area contributed by atoms with E-state index in [1.807, 2.05) is 13.8 Å². The summed E-state index contributed by atoms with van der Waals surface area (Å²) in [5, 5.41) is 0.505. The second kappa shape index (κ2) is 10.1. The van der Waals surface area contributed by atoms with Crippen LogP contribution in [0.1, 0.15) is 41.8 Å². The molecule has 0 radical (unpaired) electrons. The minimum absolute atomic E-state index is 0.0787. The first-order chi connectivity index (χ1) is 15.5.